The number of amides is 2. The quantitative estimate of drug-likeness (QED) is 0.868. The Balaban J connectivity index is 1.73. The SMILES string of the molecule is Cc1ccc(C)c(NC(=O)c2cc(N3CCN(C=O)CC3)ccn2)c1. The second-order valence-electron chi connectivity index (χ2n) is 6.30. The molecule has 0 aliphatic carbocycles. The summed E-state index contributed by atoms with van der Waals surface area (Å²) in [5, 5.41) is 2.94. The van der Waals surface area contributed by atoms with E-state index < -0.39 is 0 Å². The lowest BCUT2D eigenvalue weighted by Crippen LogP contribution is -2.45. The fourth-order valence-electron chi connectivity index (χ4n) is 2.88. The Bertz CT molecular complexity index is 783. The van der Waals surface area contributed by atoms with E-state index >= 15 is 0 Å². The predicted octanol–water partition coefficient (Wildman–Crippen LogP) is 2.23. The van der Waals surface area contributed by atoms with Crippen molar-refractivity contribution in [2.75, 3.05) is 36.4 Å². The molecule has 0 atom stereocenters. The number of aromatic nitrogens is 1. The molecular formula is C19H22N4O2. The van der Waals surface area contributed by atoms with Crippen LogP contribution in [0.25, 0.3) is 0 Å². The van der Waals surface area contributed by atoms with Crippen molar-refractivity contribution < 1.29 is 9.59 Å². The summed E-state index contributed by atoms with van der Waals surface area (Å²) < 4.78 is 0. The van der Waals surface area contributed by atoms with Gasteiger partial charge in [0.25, 0.3) is 5.91 Å². The molecule has 0 unspecified atom stereocenters. The molecule has 2 amide bonds. The fraction of sp³-hybridized carbons (Fsp3) is 0.316. The number of carbonyl (C=O) groups is 2. The van der Waals surface area contributed by atoms with Crippen LogP contribution in [0.2, 0.25) is 0 Å². The lowest BCUT2D eigenvalue weighted by molar-refractivity contribution is -0.118. The summed E-state index contributed by atoms with van der Waals surface area (Å²) in [5.41, 5.74) is 4.25. The second kappa shape index (κ2) is 7.34. The zero-order valence-corrected chi connectivity index (χ0v) is 14.5. The van der Waals surface area contributed by atoms with E-state index in [0.29, 0.717) is 18.8 Å². The van der Waals surface area contributed by atoms with Crippen molar-refractivity contribution in [2.24, 2.45) is 0 Å². The van der Waals surface area contributed by atoms with Crippen LogP contribution in [-0.2, 0) is 4.79 Å². The molecule has 1 aliphatic heterocycles. The molecule has 1 aromatic carbocycles. The Hall–Kier alpha value is -2.89. The molecule has 6 heteroatoms. The van der Waals surface area contributed by atoms with Crippen LogP contribution in [0.3, 0.4) is 0 Å². The number of piperazine rings is 1. The van der Waals surface area contributed by atoms with E-state index in [0.717, 1.165) is 42.0 Å². The monoisotopic (exact) mass is 338 g/mol. The molecule has 1 saturated heterocycles. The number of hydrogen-bond acceptors (Lipinski definition) is 4. The number of hydrogen-bond donors (Lipinski definition) is 1. The molecule has 0 bridgehead atoms. The third-order valence-electron chi connectivity index (χ3n) is 4.45. The van der Waals surface area contributed by atoms with E-state index in [1.807, 2.05) is 38.1 Å². The molecule has 1 aliphatic rings. The van der Waals surface area contributed by atoms with Gasteiger partial charge < -0.3 is 15.1 Å². The molecule has 6 nitrogen and oxygen atoms in total. The van der Waals surface area contributed by atoms with Crippen molar-refractivity contribution in [3.8, 4) is 0 Å². The van der Waals surface area contributed by atoms with Crippen LogP contribution < -0.4 is 10.2 Å². The number of pyridine rings is 1. The van der Waals surface area contributed by atoms with Crippen LogP contribution in [0.15, 0.2) is 36.5 Å². The maximum absolute atomic E-state index is 12.6. The standard InChI is InChI=1S/C19H22N4O2/c1-14-3-4-15(2)17(11-14)21-19(25)18-12-16(5-6-20-18)23-9-7-22(13-24)8-10-23/h3-6,11-13H,7-10H2,1-2H3,(H,21,25). The van der Waals surface area contributed by atoms with E-state index in [1.165, 1.54) is 0 Å². The Morgan fingerprint density at radius 2 is 1.88 bits per heavy atom. The van der Waals surface area contributed by atoms with E-state index in [9.17, 15) is 9.59 Å². The Kier molecular flexibility index (Phi) is 4.97. The summed E-state index contributed by atoms with van der Waals surface area (Å²) in [5.74, 6) is -0.220. The van der Waals surface area contributed by atoms with Crippen molar-refractivity contribution in [3.63, 3.8) is 0 Å². The van der Waals surface area contributed by atoms with Crippen molar-refractivity contribution in [3.05, 3.63) is 53.3 Å². The third-order valence-corrected chi connectivity index (χ3v) is 4.45. The second-order valence-corrected chi connectivity index (χ2v) is 6.30. The normalized spacial score (nSPS) is 14.3. The zero-order valence-electron chi connectivity index (χ0n) is 14.5. The summed E-state index contributed by atoms with van der Waals surface area (Å²) in [6, 6.07) is 9.65. The summed E-state index contributed by atoms with van der Waals surface area (Å²) in [6.45, 7) is 6.84. The first kappa shape index (κ1) is 17.0. The van der Waals surface area contributed by atoms with Crippen LogP contribution in [0, 0.1) is 13.8 Å². The predicted molar refractivity (Wildman–Crippen MR) is 98.0 cm³/mol. The van der Waals surface area contributed by atoms with Crippen LogP contribution in [-0.4, -0.2) is 48.4 Å². The molecule has 1 fully saturated rings. The van der Waals surface area contributed by atoms with Crippen LogP contribution in [0.5, 0.6) is 0 Å². The number of carbonyl (C=O) groups excluding carboxylic acids is 2. The first-order valence-corrected chi connectivity index (χ1v) is 8.36. The number of anilines is 2. The lowest BCUT2D eigenvalue weighted by Gasteiger charge is -2.34. The van der Waals surface area contributed by atoms with Gasteiger partial charge in [-0.25, -0.2) is 0 Å². The topological polar surface area (TPSA) is 65.5 Å². The average Bonchev–Trinajstić information content (AvgIpc) is 2.65. The Labute approximate surface area is 147 Å². The van der Waals surface area contributed by atoms with Crippen LogP contribution in [0.4, 0.5) is 11.4 Å². The van der Waals surface area contributed by atoms with Crippen LogP contribution in [0.1, 0.15) is 21.6 Å². The minimum atomic E-state index is -0.220. The maximum Gasteiger partial charge on any atom is 0.274 e. The molecule has 2 aromatic rings. The molecule has 130 valence electrons. The summed E-state index contributed by atoms with van der Waals surface area (Å²) in [4.78, 5) is 31.5. The highest BCUT2D eigenvalue weighted by molar-refractivity contribution is 6.03. The summed E-state index contributed by atoms with van der Waals surface area (Å²) >= 11 is 0. The van der Waals surface area contributed by atoms with Gasteiger partial charge in [-0.05, 0) is 43.2 Å². The highest BCUT2D eigenvalue weighted by atomic mass is 16.2. The van der Waals surface area contributed by atoms with E-state index in [2.05, 4.69) is 15.2 Å². The van der Waals surface area contributed by atoms with Gasteiger partial charge in [-0.1, -0.05) is 12.1 Å². The van der Waals surface area contributed by atoms with Gasteiger partial charge in [0.2, 0.25) is 6.41 Å². The molecule has 0 saturated carbocycles. The van der Waals surface area contributed by atoms with Gasteiger partial charge in [0, 0.05) is 43.8 Å². The van der Waals surface area contributed by atoms with Crippen molar-refractivity contribution in [2.45, 2.75) is 13.8 Å². The summed E-state index contributed by atoms with van der Waals surface area (Å²) in [7, 11) is 0. The molecule has 3 rings (SSSR count). The van der Waals surface area contributed by atoms with Crippen molar-refractivity contribution >= 4 is 23.7 Å². The molecule has 25 heavy (non-hydrogen) atoms. The van der Waals surface area contributed by atoms with Gasteiger partial charge in [0.15, 0.2) is 0 Å². The van der Waals surface area contributed by atoms with Crippen LogP contribution >= 0.6 is 0 Å². The molecular weight excluding hydrogens is 316 g/mol. The number of rotatable bonds is 4. The largest absolute Gasteiger partial charge is 0.368 e. The van der Waals surface area contributed by atoms with Gasteiger partial charge in [0.05, 0.1) is 0 Å². The highest BCUT2D eigenvalue weighted by Crippen LogP contribution is 2.20. The molecule has 0 spiro atoms. The van der Waals surface area contributed by atoms with Gasteiger partial charge >= 0.3 is 0 Å². The smallest absolute Gasteiger partial charge is 0.274 e. The van der Waals surface area contributed by atoms with Gasteiger partial charge in [0.1, 0.15) is 5.69 Å². The number of nitrogens with zero attached hydrogens (tertiary/aromatic N) is 3. The molecule has 0 radical (unpaired) electrons. The van der Waals surface area contributed by atoms with Gasteiger partial charge in [-0.3, -0.25) is 14.6 Å². The van der Waals surface area contributed by atoms with Gasteiger partial charge in [-0.15, -0.1) is 0 Å². The highest BCUT2D eigenvalue weighted by Gasteiger charge is 2.17. The Morgan fingerprint density at radius 1 is 1.12 bits per heavy atom. The minimum absolute atomic E-state index is 0.220. The molecule has 1 aromatic heterocycles. The first-order chi connectivity index (χ1) is 12.1. The maximum atomic E-state index is 12.6. The van der Waals surface area contributed by atoms with Crippen molar-refractivity contribution in [1.29, 1.82) is 0 Å². The zero-order chi connectivity index (χ0) is 17.8. The lowest BCUT2D eigenvalue weighted by atomic mass is 10.1. The van der Waals surface area contributed by atoms with Crippen molar-refractivity contribution in [1.82, 2.24) is 9.88 Å². The fourth-order valence-corrected chi connectivity index (χ4v) is 2.88. The number of nitrogens with one attached hydrogen (secondary N) is 1. The first-order valence-electron chi connectivity index (χ1n) is 8.36. The number of benzene rings is 1. The van der Waals surface area contributed by atoms with Gasteiger partial charge in [-0.2, -0.15) is 0 Å². The Morgan fingerprint density at radius 3 is 2.60 bits per heavy atom. The summed E-state index contributed by atoms with van der Waals surface area (Å²) in [6.07, 6.45) is 2.53. The van der Waals surface area contributed by atoms with E-state index in [-0.39, 0.29) is 5.91 Å². The molecule has 1 N–H and O–H groups in total. The number of aryl methyl sites for hydroxylation is 2. The average molecular weight is 338 g/mol. The van der Waals surface area contributed by atoms with E-state index in [1.54, 1.807) is 17.2 Å². The minimum Gasteiger partial charge on any atom is -0.368 e. The molecule has 2 heterocycles. The third kappa shape index (κ3) is 3.96. The van der Waals surface area contributed by atoms with E-state index in [4.69, 9.17) is 0 Å².